The summed E-state index contributed by atoms with van der Waals surface area (Å²) in [4.78, 5) is 24.9. The molecule has 24 heavy (non-hydrogen) atoms. The van der Waals surface area contributed by atoms with Crippen molar-refractivity contribution in [3.63, 3.8) is 0 Å². The van der Waals surface area contributed by atoms with Crippen LogP contribution in [-0.2, 0) is 20.5 Å². The van der Waals surface area contributed by atoms with Gasteiger partial charge in [-0.15, -0.1) is 0 Å². The van der Waals surface area contributed by atoms with Crippen molar-refractivity contribution in [2.45, 2.75) is 57.6 Å². The highest BCUT2D eigenvalue weighted by atomic mass is 32.2. The van der Waals surface area contributed by atoms with Gasteiger partial charge in [-0.2, -0.15) is 0 Å². The fourth-order valence-corrected chi connectivity index (χ4v) is 2.73. The van der Waals surface area contributed by atoms with Crippen molar-refractivity contribution >= 4 is 23.0 Å². The van der Waals surface area contributed by atoms with Gasteiger partial charge in [0.25, 0.3) is 5.91 Å². The maximum Gasteiger partial charge on any atom is 0.408 e. The minimum atomic E-state index is -1.68. The first-order valence-electron chi connectivity index (χ1n) is 7.91. The fraction of sp³-hybridized carbons (Fsp3) is 0.529. The standard InChI is InChI=1S/C17H26N2O4S/c1-6-12(2)14(18-16(21)23-17(3,4)5)15(20)19-24(22)13-10-8-7-9-11-13/h7-12,14H,6H2,1-5H3,(H,18,21)(H,19,20). The van der Waals surface area contributed by atoms with E-state index in [4.69, 9.17) is 4.74 Å². The minimum absolute atomic E-state index is 0.134. The Bertz CT molecular complexity index is 584. The number of amides is 2. The van der Waals surface area contributed by atoms with Crippen molar-refractivity contribution in [3.8, 4) is 0 Å². The van der Waals surface area contributed by atoms with Crippen molar-refractivity contribution < 1.29 is 18.5 Å². The molecule has 0 saturated carbocycles. The van der Waals surface area contributed by atoms with Gasteiger partial charge in [-0.25, -0.2) is 9.00 Å². The lowest BCUT2D eigenvalue weighted by molar-refractivity contribution is -0.122. The van der Waals surface area contributed by atoms with Gasteiger partial charge in [0.2, 0.25) is 0 Å². The first-order chi connectivity index (χ1) is 11.1. The van der Waals surface area contributed by atoms with E-state index in [0.29, 0.717) is 11.3 Å². The summed E-state index contributed by atoms with van der Waals surface area (Å²) in [5, 5.41) is 2.57. The third-order valence-electron chi connectivity index (χ3n) is 3.32. The molecular formula is C17H26N2O4S. The Hall–Kier alpha value is -1.89. The van der Waals surface area contributed by atoms with Crippen LogP contribution in [0.4, 0.5) is 4.79 Å². The highest BCUT2D eigenvalue weighted by molar-refractivity contribution is 7.83. The van der Waals surface area contributed by atoms with Crippen LogP contribution in [0.15, 0.2) is 35.2 Å². The molecule has 0 saturated heterocycles. The van der Waals surface area contributed by atoms with E-state index in [0.717, 1.165) is 0 Å². The Labute approximate surface area is 145 Å². The van der Waals surface area contributed by atoms with E-state index in [2.05, 4.69) is 10.0 Å². The van der Waals surface area contributed by atoms with Crippen LogP contribution in [-0.4, -0.2) is 27.9 Å². The summed E-state index contributed by atoms with van der Waals surface area (Å²) < 4.78 is 19.9. The van der Waals surface area contributed by atoms with Crippen LogP contribution in [0.3, 0.4) is 0 Å². The second-order valence-corrected chi connectivity index (χ2v) is 7.77. The SMILES string of the molecule is CCC(C)C(NC(=O)OC(C)(C)C)C(=O)NS(=O)c1ccccc1. The van der Waals surface area contributed by atoms with Crippen LogP contribution in [0.2, 0.25) is 0 Å². The van der Waals surface area contributed by atoms with Gasteiger partial charge in [-0.05, 0) is 38.8 Å². The van der Waals surface area contributed by atoms with Crippen LogP contribution >= 0.6 is 0 Å². The molecule has 2 N–H and O–H groups in total. The monoisotopic (exact) mass is 354 g/mol. The summed E-state index contributed by atoms with van der Waals surface area (Å²) in [7, 11) is -1.68. The highest BCUT2D eigenvalue weighted by Gasteiger charge is 2.29. The van der Waals surface area contributed by atoms with Gasteiger partial charge in [0.1, 0.15) is 11.6 Å². The van der Waals surface area contributed by atoms with Crippen molar-refractivity contribution in [2.75, 3.05) is 0 Å². The average Bonchev–Trinajstić information content (AvgIpc) is 2.50. The fourth-order valence-electron chi connectivity index (χ4n) is 1.89. The number of rotatable bonds is 6. The first-order valence-corrected chi connectivity index (χ1v) is 9.06. The largest absolute Gasteiger partial charge is 0.444 e. The highest BCUT2D eigenvalue weighted by Crippen LogP contribution is 2.12. The lowest BCUT2D eigenvalue weighted by Gasteiger charge is -2.26. The molecule has 2 amide bonds. The van der Waals surface area contributed by atoms with Gasteiger partial charge in [-0.1, -0.05) is 38.5 Å². The molecule has 0 heterocycles. The number of ether oxygens (including phenoxy) is 1. The Morgan fingerprint density at radius 3 is 2.29 bits per heavy atom. The Balaban J connectivity index is 2.78. The van der Waals surface area contributed by atoms with Crippen molar-refractivity contribution in [2.24, 2.45) is 5.92 Å². The Morgan fingerprint density at radius 2 is 1.79 bits per heavy atom. The smallest absolute Gasteiger partial charge is 0.408 e. The maximum absolute atomic E-state index is 12.5. The van der Waals surface area contributed by atoms with Crippen molar-refractivity contribution in [1.82, 2.24) is 10.0 Å². The summed E-state index contributed by atoms with van der Waals surface area (Å²) in [6.07, 6.45) is -0.000261. The number of benzene rings is 1. The molecule has 0 aromatic heterocycles. The van der Waals surface area contributed by atoms with Crippen LogP contribution < -0.4 is 10.0 Å². The van der Waals surface area contributed by atoms with Gasteiger partial charge >= 0.3 is 6.09 Å². The first kappa shape index (κ1) is 20.2. The Kier molecular flexibility index (Phi) is 7.41. The molecule has 6 nitrogen and oxygen atoms in total. The van der Waals surface area contributed by atoms with Crippen molar-refractivity contribution in [1.29, 1.82) is 0 Å². The molecule has 134 valence electrons. The van der Waals surface area contributed by atoms with Crippen LogP contribution in [0.5, 0.6) is 0 Å². The van der Waals surface area contributed by atoms with E-state index < -0.39 is 34.6 Å². The molecule has 1 rings (SSSR count). The molecule has 7 heteroatoms. The number of carbonyl (C=O) groups excluding carboxylic acids is 2. The molecule has 0 aliphatic rings. The molecule has 0 radical (unpaired) electrons. The second kappa shape index (κ2) is 8.82. The molecule has 0 aliphatic carbocycles. The summed E-state index contributed by atoms with van der Waals surface area (Å²) in [5.41, 5.74) is -0.659. The van der Waals surface area contributed by atoms with Gasteiger partial charge < -0.3 is 10.1 Å². The van der Waals surface area contributed by atoms with E-state index in [9.17, 15) is 13.8 Å². The van der Waals surface area contributed by atoms with Crippen LogP contribution in [0.1, 0.15) is 41.0 Å². The summed E-state index contributed by atoms with van der Waals surface area (Å²) in [6.45, 7) is 8.99. The number of nitrogens with one attached hydrogen (secondary N) is 2. The van der Waals surface area contributed by atoms with E-state index in [1.807, 2.05) is 13.8 Å². The topological polar surface area (TPSA) is 84.5 Å². The third kappa shape index (κ3) is 6.70. The zero-order valence-electron chi connectivity index (χ0n) is 14.8. The van der Waals surface area contributed by atoms with Gasteiger partial charge in [0, 0.05) is 0 Å². The van der Waals surface area contributed by atoms with E-state index in [1.165, 1.54) is 0 Å². The average molecular weight is 354 g/mol. The van der Waals surface area contributed by atoms with Gasteiger partial charge in [0.05, 0.1) is 4.90 Å². The van der Waals surface area contributed by atoms with Gasteiger partial charge in [0.15, 0.2) is 11.0 Å². The summed E-state index contributed by atoms with van der Waals surface area (Å²) in [5.74, 6) is -0.636. The number of carbonyl (C=O) groups is 2. The molecule has 3 atom stereocenters. The minimum Gasteiger partial charge on any atom is -0.444 e. The number of hydrogen-bond donors (Lipinski definition) is 2. The maximum atomic E-state index is 12.5. The third-order valence-corrected chi connectivity index (χ3v) is 4.41. The lowest BCUT2D eigenvalue weighted by Crippen LogP contribution is -2.51. The predicted molar refractivity (Wildman–Crippen MR) is 93.6 cm³/mol. The van der Waals surface area contributed by atoms with E-state index >= 15 is 0 Å². The number of hydrogen-bond acceptors (Lipinski definition) is 4. The molecule has 1 aromatic rings. The number of alkyl carbamates (subject to hydrolysis) is 1. The normalized spacial score (nSPS) is 15.0. The van der Waals surface area contributed by atoms with E-state index in [-0.39, 0.29) is 5.92 Å². The molecule has 3 unspecified atom stereocenters. The zero-order chi connectivity index (χ0) is 18.3. The van der Waals surface area contributed by atoms with E-state index in [1.54, 1.807) is 51.1 Å². The molecule has 0 bridgehead atoms. The molecular weight excluding hydrogens is 328 g/mol. The lowest BCUT2D eigenvalue weighted by atomic mass is 9.99. The van der Waals surface area contributed by atoms with Crippen molar-refractivity contribution in [3.05, 3.63) is 30.3 Å². The summed E-state index contributed by atoms with van der Waals surface area (Å²) in [6, 6.07) is 7.78. The Morgan fingerprint density at radius 1 is 1.21 bits per heavy atom. The van der Waals surface area contributed by atoms with Crippen LogP contribution in [0.25, 0.3) is 0 Å². The van der Waals surface area contributed by atoms with Crippen LogP contribution in [0, 0.1) is 5.92 Å². The predicted octanol–water partition coefficient (Wildman–Crippen LogP) is 2.76. The zero-order valence-corrected chi connectivity index (χ0v) is 15.6. The van der Waals surface area contributed by atoms with Gasteiger partial charge in [-0.3, -0.25) is 9.52 Å². The second-order valence-electron chi connectivity index (χ2n) is 6.56. The molecule has 0 aliphatic heterocycles. The molecule has 0 fully saturated rings. The quantitative estimate of drug-likeness (QED) is 0.823. The summed E-state index contributed by atoms with van der Waals surface area (Å²) >= 11 is 0. The molecule has 0 spiro atoms. The molecule has 1 aromatic carbocycles.